The van der Waals surface area contributed by atoms with Gasteiger partial charge in [0.1, 0.15) is 0 Å². The molecule has 42 heavy (non-hydrogen) atoms. The lowest BCUT2D eigenvalue weighted by atomic mass is 9.82. The number of benzene rings is 4. The molecule has 0 unspecified atom stereocenters. The van der Waals surface area contributed by atoms with Crippen molar-refractivity contribution >= 4 is 54.6 Å². The van der Waals surface area contributed by atoms with Gasteiger partial charge in [-0.2, -0.15) is 16.8 Å². The number of carbonyl (C=O) groups is 2. The highest BCUT2D eigenvalue weighted by Crippen LogP contribution is 2.40. The Morgan fingerprint density at radius 1 is 0.548 bits per heavy atom. The smallest absolute Gasteiger partial charge is 0.294 e. The third-order valence-electron chi connectivity index (χ3n) is 7.20. The molecule has 1 aliphatic carbocycles. The average Bonchev–Trinajstić information content (AvgIpc) is 2.90. The standard InChI is InChI=1S/C30H26N2O8S2/c1-15-11-19(41(35,36)37)12-16(2)27(15)31-23-9-10-24(32-28-17(3)13-20(14-18(28)4)42(38,39)40)26-25(23)29(33)21-7-5-6-8-22(21)30(26)34/h5-14,31-32H,1-4H3,(H,35,36,37)(H,38,39,40). The van der Waals surface area contributed by atoms with Crippen molar-refractivity contribution in [3.8, 4) is 0 Å². The normalized spacial score (nSPS) is 13.0. The van der Waals surface area contributed by atoms with Crippen molar-refractivity contribution in [3.05, 3.63) is 105 Å². The highest BCUT2D eigenvalue weighted by molar-refractivity contribution is 7.86. The van der Waals surface area contributed by atoms with Crippen LogP contribution >= 0.6 is 0 Å². The van der Waals surface area contributed by atoms with E-state index >= 15 is 0 Å². The van der Waals surface area contributed by atoms with Crippen LogP contribution in [0.2, 0.25) is 0 Å². The average molecular weight is 607 g/mol. The summed E-state index contributed by atoms with van der Waals surface area (Å²) in [6.45, 7) is 6.60. The van der Waals surface area contributed by atoms with Gasteiger partial charge in [0.05, 0.1) is 32.3 Å². The first kappa shape index (κ1) is 29.1. The van der Waals surface area contributed by atoms with Crippen LogP contribution in [-0.4, -0.2) is 37.5 Å². The first-order chi connectivity index (χ1) is 19.6. The van der Waals surface area contributed by atoms with Crippen LogP contribution in [0.15, 0.2) is 70.5 Å². The van der Waals surface area contributed by atoms with E-state index in [9.17, 15) is 35.5 Å². The minimum Gasteiger partial charge on any atom is -0.354 e. The number of fused-ring (bicyclic) bond motifs is 2. The summed E-state index contributed by atoms with van der Waals surface area (Å²) in [5.74, 6) is -0.794. The topological polar surface area (TPSA) is 167 Å². The van der Waals surface area contributed by atoms with Gasteiger partial charge in [-0.05, 0) is 86.3 Å². The highest BCUT2D eigenvalue weighted by atomic mass is 32.2. The van der Waals surface area contributed by atoms with E-state index in [0.717, 1.165) is 0 Å². The summed E-state index contributed by atoms with van der Waals surface area (Å²) >= 11 is 0. The monoisotopic (exact) mass is 606 g/mol. The van der Waals surface area contributed by atoms with Gasteiger partial charge in [-0.15, -0.1) is 0 Å². The highest BCUT2D eigenvalue weighted by Gasteiger charge is 2.34. The molecule has 216 valence electrons. The van der Waals surface area contributed by atoms with Gasteiger partial charge in [0.25, 0.3) is 20.2 Å². The van der Waals surface area contributed by atoms with E-state index < -0.39 is 31.8 Å². The van der Waals surface area contributed by atoms with Crippen molar-refractivity contribution < 1.29 is 35.5 Å². The molecule has 1 aliphatic rings. The largest absolute Gasteiger partial charge is 0.354 e. The molecule has 0 amide bonds. The molecule has 0 saturated carbocycles. The van der Waals surface area contributed by atoms with Crippen LogP contribution < -0.4 is 10.6 Å². The summed E-state index contributed by atoms with van der Waals surface area (Å²) in [5, 5.41) is 6.39. The van der Waals surface area contributed by atoms with Gasteiger partial charge in [-0.3, -0.25) is 18.7 Å². The zero-order chi connectivity index (χ0) is 30.7. The fourth-order valence-electron chi connectivity index (χ4n) is 5.24. The Morgan fingerprint density at radius 3 is 1.14 bits per heavy atom. The molecule has 0 atom stereocenters. The molecule has 4 aromatic rings. The predicted molar refractivity (Wildman–Crippen MR) is 158 cm³/mol. The first-order valence-electron chi connectivity index (χ1n) is 12.6. The van der Waals surface area contributed by atoms with Crippen LogP contribution in [0.25, 0.3) is 0 Å². The van der Waals surface area contributed by atoms with Crippen LogP contribution in [-0.2, 0) is 20.2 Å². The van der Waals surface area contributed by atoms with E-state index in [1.807, 2.05) is 0 Å². The van der Waals surface area contributed by atoms with Gasteiger partial charge in [0.2, 0.25) is 0 Å². The van der Waals surface area contributed by atoms with Crippen LogP contribution in [0.1, 0.15) is 54.1 Å². The summed E-state index contributed by atoms with van der Waals surface area (Å²) in [6.07, 6.45) is 0. The zero-order valence-corrected chi connectivity index (χ0v) is 24.6. The van der Waals surface area contributed by atoms with Gasteiger partial charge in [0.15, 0.2) is 11.6 Å². The Labute approximate surface area is 242 Å². The maximum atomic E-state index is 13.9. The van der Waals surface area contributed by atoms with Crippen molar-refractivity contribution in [1.29, 1.82) is 0 Å². The summed E-state index contributed by atoms with van der Waals surface area (Å²) < 4.78 is 65.8. The van der Waals surface area contributed by atoms with Crippen molar-refractivity contribution in [3.63, 3.8) is 0 Å². The molecule has 0 aromatic heterocycles. The quantitative estimate of drug-likeness (QED) is 0.177. The Bertz CT molecular complexity index is 1870. The van der Waals surface area contributed by atoms with E-state index in [2.05, 4.69) is 10.6 Å². The SMILES string of the molecule is Cc1cc(S(=O)(=O)O)cc(C)c1Nc1ccc(Nc2c(C)cc(S(=O)(=O)O)cc2C)c2c1C(=O)c1ccccc1C2=O. The fraction of sp³-hybridized carbons (Fsp3) is 0.133. The number of nitrogens with one attached hydrogen (secondary N) is 2. The second-order valence-electron chi connectivity index (χ2n) is 10.2. The molecule has 0 aliphatic heterocycles. The summed E-state index contributed by atoms with van der Waals surface area (Å²) in [4.78, 5) is 27.2. The molecular weight excluding hydrogens is 580 g/mol. The van der Waals surface area contributed by atoms with E-state index in [1.54, 1.807) is 64.1 Å². The third-order valence-corrected chi connectivity index (χ3v) is 8.87. The lowest BCUT2D eigenvalue weighted by Gasteiger charge is -2.25. The number of carbonyl (C=O) groups excluding carboxylic acids is 2. The lowest BCUT2D eigenvalue weighted by Crippen LogP contribution is -2.23. The van der Waals surface area contributed by atoms with Crippen LogP contribution in [0.5, 0.6) is 0 Å². The van der Waals surface area contributed by atoms with Gasteiger partial charge in [-0.25, -0.2) is 0 Å². The van der Waals surface area contributed by atoms with Gasteiger partial charge in [-0.1, -0.05) is 24.3 Å². The Morgan fingerprint density at radius 2 is 0.857 bits per heavy atom. The fourth-order valence-corrected chi connectivity index (χ4v) is 6.54. The van der Waals surface area contributed by atoms with Gasteiger partial charge < -0.3 is 10.6 Å². The Balaban J connectivity index is 1.69. The third kappa shape index (κ3) is 5.09. The maximum absolute atomic E-state index is 13.9. The Kier molecular flexibility index (Phi) is 7.06. The predicted octanol–water partition coefficient (Wildman–Crippen LogP) is 5.68. The van der Waals surface area contributed by atoms with Crippen molar-refractivity contribution in [1.82, 2.24) is 0 Å². The molecule has 4 aromatic carbocycles. The number of rotatable bonds is 6. The molecule has 4 N–H and O–H groups in total. The molecule has 0 saturated heterocycles. The van der Waals surface area contributed by atoms with E-state index in [1.165, 1.54) is 24.3 Å². The van der Waals surface area contributed by atoms with Crippen molar-refractivity contribution in [2.75, 3.05) is 10.6 Å². The maximum Gasteiger partial charge on any atom is 0.294 e. The number of hydrogen-bond donors (Lipinski definition) is 4. The van der Waals surface area contributed by atoms with Gasteiger partial charge >= 0.3 is 0 Å². The minimum absolute atomic E-state index is 0.103. The van der Waals surface area contributed by atoms with E-state index in [-0.39, 0.29) is 32.0 Å². The molecule has 0 fully saturated rings. The molecule has 12 heteroatoms. The lowest BCUT2D eigenvalue weighted by molar-refractivity contribution is 0.0980. The molecule has 0 spiro atoms. The first-order valence-corrected chi connectivity index (χ1v) is 15.5. The van der Waals surface area contributed by atoms with E-state index in [0.29, 0.717) is 45.0 Å². The molecule has 0 bridgehead atoms. The number of hydrogen-bond acceptors (Lipinski definition) is 8. The number of anilines is 4. The van der Waals surface area contributed by atoms with Crippen molar-refractivity contribution in [2.24, 2.45) is 0 Å². The second kappa shape index (κ2) is 10.2. The molecular formula is C30H26N2O8S2. The summed E-state index contributed by atoms with van der Waals surface area (Å²) in [5.41, 5.74) is 4.22. The van der Waals surface area contributed by atoms with Crippen molar-refractivity contribution in [2.45, 2.75) is 37.5 Å². The summed E-state index contributed by atoms with van der Waals surface area (Å²) in [7, 11) is -8.87. The Hall–Kier alpha value is -4.36. The molecule has 0 radical (unpaired) electrons. The van der Waals surface area contributed by atoms with Crippen LogP contribution in [0.3, 0.4) is 0 Å². The molecule has 10 nitrogen and oxygen atoms in total. The molecule has 5 rings (SSSR count). The van der Waals surface area contributed by atoms with Gasteiger partial charge in [0, 0.05) is 22.5 Å². The van der Waals surface area contributed by atoms with E-state index in [4.69, 9.17) is 0 Å². The second-order valence-corrected chi connectivity index (χ2v) is 13.0. The minimum atomic E-state index is -4.44. The zero-order valence-electron chi connectivity index (χ0n) is 22.9. The van der Waals surface area contributed by atoms with Crippen LogP contribution in [0.4, 0.5) is 22.7 Å². The van der Waals surface area contributed by atoms with Crippen LogP contribution in [0, 0.1) is 27.7 Å². The number of ketones is 2. The summed E-state index contributed by atoms with van der Waals surface area (Å²) in [6, 6.07) is 14.9. The molecule has 0 heterocycles. The number of aryl methyl sites for hydroxylation is 4.